The molecule has 1 aromatic rings. The molecule has 0 spiro atoms. The van der Waals surface area contributed by atoms with Crippen LogP contribution in [0, 0.1) is 0 Å². The highest BCUT2D eigenvalue weighted by Crippen LogP contribution is 2.24. The van der Waals surface area contributed by atoms with Crippen molar-refractivity contribution >= 4 is 21.8 Å². The van der Waals surface area contributed by atoms with Crippen molar-refractivity contribution in [2.45, 2.75) is 62.1 Å². The monoisotopic (exact) mass is 453 g/mol. The molecule has 2 N–H and O–H groups in total. The van der Waals surface area contributed by atoms with Crippen LogP contribution in [0.25, 0.3) is 0 Å². The van der Waals surface area contributed by atoms with Crippen LogP contribution in [0.1, 0.15) is 44.9 Å². The van der Waals surface area contributed by atoms with Crippen molar-refractivity contribution < 1.29 is 27.5 Å². The molecule has 1 aliphatic carbocycles. The summed E-state index contributed by atoms with van der Waals surface area (Å²) in [6.07, 6.45) is 5.79. The van der Waals surface area contributed by atoms with Crippen molar-refractivity contribution in [2.24, 2.45) is 0 Å². The van der Waals surface area contributed by atoms with E-state index in [2.05, 4.69) is 10.6 Å². The molecular formula is C21H31N3O6S. The van der Waals surface area contributed by atoms with Crippen molar-refractivity contribution in [3.63, 3.8) is 0 Å². The summed E-state index contributed by atoms with van der Waals surface area (Å²) in [7, 11) is -2.32. The number of carbonyl (C=O) groups is 2. The second kappa shape index (κ2) is 10.9. The topological polar surface area (TPSA) is 114 Å². The van der Waals surface area contributed by atoms with E-state index in [1.54, 1.807) is 12.1 Å². The molecule has 9 nitrogen and oxygen atoms in total. The van der Waals surface area contributed by atoms with Gasteiger partial charge in [0.15, 0.2) is 0 Å². The van der Waals surface area contributed by atoms with E-state index < -0.39 is 28.1 Å². The van der Waals surface area contributed by atoms with Crippen LogP contribution in [-0.2, 0) is 24.3 Å². The minimum Gasteiger partial charge on any atom is -0.497 e. The molecular weight excluding hydrogens is 422 g/mol. The summed E-state index contributed by atoms with van der Waals surface area (Å²) < 4.78 is 38.1. The number of nitrogens with one attached hydrogen (secondary N) is 2. The summed E-state index contributed by atoms with van der Waals surface area (Å²) in [5, 5.41) is 5.32. The van der Waals surface area contributed by atoms with Crippen molar-refractivity contribution in [1.82, 2.24) is 14.9 Å². The Morgan fingerprint density at radius 2 is 1.74 bits per heavy atom. The first-order valence-corrected chi connectivity index (χ1v) is 12.2. The van der Waals surface area contributed by atoms with E-state index in [1.165, 1.54) is 23.5 Å². The Labute approximate surface area is 183 Å². The molecule has 1 heterocycles. The SMILES string of the molecule is COc1ccc(S(=O)(=O)N2CCCOC2CNC(=O)C(=O)NC2CCCCCC2)cc1. The van der Waals surface area contributed by atoms with Gasteiger partial charge < -0.3 is 20.1 Å². The van der Waals surface area contributed by atoms with Crippen LogP contribution in [0.4, 0.5) is 0 Å². The zero-order valence-corrected chi connectivity index (χ0v) is 18.7. The zero-order valence-electron chi connectivity index (χ0n) is 17.8. The van der Waals surface area contributed by atoms with Crippen molar-refractivity contribution in [2.75, 3.05) is 26.8 Å². The maximum absolute atomic E-state index is 13.1. The van der Waals surface area contributed by atoms with Gasteiger partial charge in [-0.1, -0.05) is 25.7 Å². The third-order valence-corrected chi connectivity index (χ3v) is 7.56. The highest BCUT2D eigenvalue weighted by atomic mass is 32.2. The molecule has 2 fully saturated rings. The highest BCUT2D eigenvalue weighted by Gasteiger charge is 2.35. The molecule has 1 saturated heterocycles. The second-order valence-electron chi connectivity index (χ2n) is 7.84. The molecule has 10 heteroatoms. The molecule has 1 atom stereocenters. The summed E-state index contributed by atoms with van der Waals surface area (Å²) in [5.74, 6) is -0.912. The maximum Gasteiger partial charge on any atom is 0.309 e. The molecule has 0 radical (unpaired) electrons. The lowest BCUT2D eigenvalue weighted by Crippen LogP contribution is -2.53. The third-order valence-electron chi connectivity index (χ3n) is 5.65. The molecule has 1 unspecified atom stereocenters. The second-order valence-corrected chi connectivity index (χ2v) is 9.73. The fourth-order valence-electron chi connectivity index (χ4n) is 3.92. The first-order valence-electron chi connectivity index (χ1n) is 10.8. The van der Waals surface area contributed by atoms with Gasteiger partial charge in [0, 0.05) is 12.6 Å². The van der Waals surface area contributed by atoms with Crippen LogP contribution in [0.15, 0.2) is 29.2 Å². The van der Waals surface area contributed by atoms with Gasteiger partial charge in [-0.2, -0.15) is 4.31 Å². The quantitative estimate of drug-likeness (QED) is 0.497. The average Bonchev–Trinajstić information content (AvgIpc) is 3.06. The highest BCUT2D eigenvalue weighted by molar-refractivity contribution is 7.89. The summed E-state index contributed by atoms with van der Waals surface area (Å²) in [4.78, 5) is 24.6. The van der Waals surface area contributed by atoms with Gasteiger partial charge >= 0.3 is 11.8 Å². The minimum absolute atomic E-state index is 0.0126. The van der Waals surface area contributed by atoms with Gasteiger partial charge in [-0.25, -0.2) is 8.42 Å². The Kier molecular flexibility index (Phi) is 8.28. The molecule has 31 heavy (non-hydrogen) atoms. The Hall–Kier alpha value is -2.17. The van der Waals surface area contributed by atoms with Gasteiger partial charge in [-0.05, 0) is 43.5 Å². The van der Waals surface area contributed by atoms with Gasteiger partial charge in [-0.15, -0.1) is 0 Å². The number of hydrogen-bond acceptors (Lipinski definition) is 6. The molecule has 2 amide bonds. The first kappa shape index (κ1) is 23.5. The summed E-state index contributed by atoms with van der Waals surface area (Å²) in [6.45, 7) is 0.541. The standard InChI is InChI=1S/C21H31N3O6S/c1-29-17-9-11-18(12-10-17)31(27,28)24-13-6-14-30-19(24)15-22-20(25)21(26)23-16-7-4-2-3-5-8-16/h9-12,16,19H,2-8,13-15H2,1H3,(H,22,25)(H,23,26). The normalized spacial score (nSPS) is 21.1. The molecule has 1 aliphatic heterocycles. The number of rotatable bonds is 6. The van der Waals surface area contributed by atoms with E-state index >= 15 is 0 Å². The van der Waals surface area contributed by atoms with Crippen LogP contribution in [-0.4, -0.2) is 63.6 Å². The molecule has 0 bridgehead atoms. The molecule has 0 aromatic heterocycles. The third kappa shape index (κ3) is 6.18. The lowest BCUT2D eigenvalue weighted by atomic mass is 10.1. The van der Waals surface area contributed by atoms with Crippen LogP contribution in [0.2, 0.25) is 0 Å². The Morgan fingerprint density at radius 3 is 2.39 bits per heavy atom. The number of methoxy groups -OCH3 is 1. The number of ether oxygens (including phenoxy) is 2. The number of nitrogens with zero attached hydrogens (tertiary/aromatic N) is 1. The Morgan fingerprint density at radius 1 is 1.06 bits per heavy atom. The van der Waals surface area contributed by atoms with Gasteiger partial charge in [0.05, 0.1) is 25.2 Å². The molecule has 3 rings (SSSR count). The van der Waals surface area contributed by atoms with E-state index in [0.717, 1.165) is 38.5 Å². The number of benzene rings is 1. The molecule has 1 saturated carbocycles. The summed E-state index contributed by atoms with van der Waals surface area (Å²) in [5.41, 5.74) is 0. The Balaban J connectivity index is 1.59. The largest absolute Gasteiger partial charge is 0.497 e. The number of amides is 2. The van der Waals surface area contributed by atoms with Crippen LogP contribution in [0.5, 0.6) is 5.75 Å². The average molecular weight is 454 g/mol. The number of sulfonamides is 1. The van der Waals surface area contributed by atoms with Crippen LogP contribution in [0.3, 0.4) is 0 Å². The van der Waals surface area contributed by atoms with Crippen LogP contribution < -0.4 is 15.4 Å². The fourth-order valence-corrected chi connectivity index (χ4v) is 5.49. The van der Waals surface area contributed by atoms with E-state index in [-0.39, 0.29) is 24.0 Å². The summed E-state index contributed by atoms with van der Waals surface area (Å²) in [6, 6.07) is 6.11. The van der Waals surface area contributed by atoms with Crippen molar-refractivity contribution in [3.05, 3.63) is 24.3 Å². The predicted octanol–water partition coefficient (Wildman–Crippen LogP) is 1.39. The van der Waals surface area contributed by atoms with E-state index in [4.69, 9.17) is 9.47 Å². The first-order chi connectivity index (χ1) is 14.9. The van der Waals surface area contributed by atoms with E-state index in [1.807, 2.05) is 0 Å². The predicted molar refractivity (Wildman–Crippen MR) is 114 cm³/mol. The van der Waals surface area contributed by atoms with Gasteiger partial charge in [0.2, 0.25) is 10.0 Å². The van der Waals surface area contributed by atoms with Crippen molar-refractivity contribution in [1.29, 1.82) is 0 Å². The smallest absolute Gasteiger partial charge is 0.309 e. The van der Waals surface area contributed by atoms with Crippen LogP contribution >= 0.6 is 0 Å². The maximum atomic E-state index is 13.1. The lowest BCUT2D eigenvalue weighted by Gasteiger charge is -2.34. The van der Waals surface area contributed by atoms with E-state index in [0.29, 0.717) is 18.8 Å². The van der Waals surface area contributed by atoms with Gasteiger partial charge in [0.25, 0.3) is 0 Å². The van der Waals surface area contributed by atoms with Gasteiger partial charge in [0.1, 0.15) is 12.0 Å². The fraction of sp³-hybridized carbons (Fsp3) is 0.619. The van der Waals surface area contributed by atoms with Crippen molar-refractivity contribution in [3.8, 4) is 5.75 Å². The Bertz CT molecular complexity index is 850. The summed E-state index contributed by atoms with van der Waals surface area (Å²) >= 11 is 0. The van der Waals surface area contributed by atoms with E-state index in [9.17, 15) is 18.0 Å². The zero-order chi connectivity index (χ0) is 22.3. The number of hydrogen-bond donors (Lipinski definition) is 2. The lowest BCUT2D eigenvalue weighted by molar-refractivity contribution is -0.140. The minimum atomic E-state index is -3.83. The molecule has 1 aromatic carbocycles. The number of carbonyl (C=O) groups excluding carboxylic acids is 2. The van der Waals surface area contributed by atoms with Gasteiger partial charge in [-0.3, -0.25) is 9.59 Å². The molecule has 2 aliphatic rings. The molecule has 172 valence electrons.